The zero-order valence-corrected chi connectivity index (χ0v) is 20.1. The van der Waals surface area contributed by atoms with E-state index in [1.165, 1.54) is 16.7 Å². The highest BCUT2D eigenvalue weighted by Crippen LogP contribution is 2.26. The number of nitrogens with zero attached hydrogens (tertiary/aromatic N) is 4. The predicted octanol–water partition coefficient (Wildman–Crippen LogP) is 4.91. The molecule has 0 saturated carbocycles. The molecule has 0 radical (unpaired) electrons. The molecule has 1 aliphatic rings. The van der Waals surface area contributed by atoms with Crippen LogP contribution >= 0.6 is 0 Å². The number of benzene rings is 2. The zero-order chi connectivity index (χ0) is 23.4. The van der Waals surface area contributed by atoms with Crippen molar-refractivity contribution in [2.24, 2.45) is 0 Å². The van der Waals surface area contributed by atoms with Crippen LogP contribution in [-0.4, -0.2) is 47.1 Å². The summed E-state index contributed by atoms with van der Waals surface area (Å²) in [4.78, 5) is 26.7. The molecule has 1 aromatic heterocycles. The second-order valence-electron chi connectivity index (χ2n) is 8.69. The van der Waals surface area contributed by atoms with Gasteiger partial charge < -0.3 is 15.1 Å². The van der Waals surface area contributed by atoms with Gasteiger partial charge in [-0.2, -0.15) is 0 Å². The van der Waals surface area contributed by atoms with Gasteiger partial charge in [0.25, 0.3) is 0 Å². The van der Waals surface area contributed by atoms with Crippen molar-refractivity contribution in [1.29, 1.82) is 0 Å². The number of aromatic nitrogens is 2. The van der Waals surface area contributed by atoms with E-state index < -0.39 is 0 Å². The first-order valence-electron chi connectivity index (χ1n) is 11.7. The minimum Gasteiger partial charge on any atom is -0.353 e. The van der Waals surface area contributed by atoms with Crippen LogP contribution in [-0.2, 0) is 12.8 Å². The van der Waals surface area contributed by atoms with Crippen LogP contribution in [0.25, 0.3) is 0 Å². The summed E-state index contributed by atoms with van der Waals surface area (Å²) >= 11 is 0. The van der Waals surface area contributed by atoms with Crippen molar-refractivity contribution in [3.05, 3.63) is 82.3 Å². The van der Waals surface area contributed by atoms with E-state index in [4.69, 9.17) is 9.97 Å². The van der Waals surface area contributed by atoms with Gasteiger partial charge in [0.05, 0.1) is 0 Å². The molecule has 2 heterocycles. The van der Waals surface area contributed by atoms with Crippen LogP contribution in [0.1, 0.15) is 40.7 Å². The van der Waals surface area contributed by atoms with E-state index in [-0.39, 0.29) is 6.03 Å². The summed E-state index contributed by atoms with van der Waals surface area (Å²) in [6.45, 7) is 11.0. The summed E-state index contributed by atoms with van der Waals surface area (Å²) in [6.07, 6.45) is 1.68. The Bertz CT molecular complexity index is 1120. The van der Waals surface area contributed by atoms with E-state index in [1.807, 2.05) is 36.9 Å². The number of anilines is 2. The summed E-state index contributed by atoms with van der Waals surface area (Å²) in [6, 6.07) is 16.4. The van der Waals surface area contributed by atoms with Crippen molar-refractivity contribution < 1.29 is 4.79 Å². The second-order valence-corrected chi connectivity index (χ2v) is 8.69. The van der Waals surface area contributed by atoms with Crippen molar-refractivity contribution >= 4 is 17.5 Å². The Morgan fingerprint density at radius 1 is 0.939 bits per heavy atom. The van der Waals surface area contributed by atoms with Crippen LogP contribution in [0.15, 0.2) is 48.5 Å². The largest absolute Gasteiger partial charge is 0.353 e. The molecule has 6 nitrogen and oxygen atoms in total. The van der Waals surface area contributed by atoms with Crippen LogP contribution < -0.4 is 10.2 Å². The average molecular weight is 444 g/mol. The Kier molecular flexibility index (Phi) is 6.92. The molecule has 0 bridgehead atoms. The third-order valence-corrected chi connectivity index (χ3v) is 6.45. The molecule has 1 N–H and O–H groups in total. The van der Waals surface area contributed by atoms with Gasteiger partial charge in [-0.25, -0.2) is 14.8 Å². The summed E-state index contributed by atoms with van der Waals surface area (Å²) in [5.41, 5.74) is 6.73. The minimum atomic E-state index is -0.0408. The van der Waals surface area contributed by atoms with Crippen LogP contribution in [0.3, 0.4) is 0 Å². The highest BCUT2D eigenvalue weighted by atomic mass is 16.2. The number of carbonyl (C=O) groups is 1. The van der Waals surface area contributed by atoms with Gasteiger partial charge in [-0.05, 0) is 49.9 Å². The minimum absolute atomic E-state index is 0.0408. The lowest BCUT2D eigenvalue weighted by Gasteiger charge is -2.36. The van der Waals surface area contributed by atoms with Crippen molar-refractivity contribution in [3.8, 4) is 0 Å². The summed E-state index contributed by atoms with van der Waals surface area (Å²) in [5, 5.41) is 3.09. The standard InChI is InChI=1S/C27H33N5O/c1-5-24-23(18-22-11-7-6-8-12-22)26(29-21(4)28-24)31-14-16-32(17-15-31)27(33)30-25-13-9-10-19(2)20(25)3/h6-13H,5,14-18H2,1-4H3,(H,30,33). The zero-order valence-electron chi connectivity index (χ0n) is 20.1. The molecule has 1 fully saturated rings. The lowest BCUT2D eigenvalue weighted by molar-refractivity contribution is 0.208. The summed E-state index contributed by atoms with van der Waals surface area (Å²) < 4.78 is 0. The van der Waals surface area contributed by atoms with Crippen LogP contribution in [0.4, 0.5) is 16.3 Å². The first kappa shape index (κ1) is 22.8. The van der Waals surface area contributed by atoms with Crippen molar-refractivity contribution in [2.75, 3.05) is 36.4 Å². The molecule has 1 saturated heterocycles. The van der Waals surface area contributed by atoms with Crippen molar-refractivity contribution in [2.45, 2.75) is 40.5 Å². The van der Waals surface area contributed by atoms with Gasteiger partial charge in [0.1, 0.15) is 11.6 Å². The fraction of sp³-hybridized carbons (Fsp3) is 0.370. The van der Waals surface area contributed by atoms with Crippen LogP contribution in [0.2, 0.25) is 0 Å². The Morgan fingerprint density at radius 3 is 2.36 bits per heavy atom. The molecule has 172 valence electrons. The SMILES string of the molecule is CCc1nc(C)nc(N2CCN(C(=O)Nc3cccc(C)c3C)CC2)c1Cc1ccccc1. The number of carbonyl (C=O) groups excluding carboxylic acids is 1. The maximum Gasteiger partial charge on any atom is 0.321 e. The van der Waals surface area contributed by atoms with E-state index in [1.54, 1.807) is 0 Å². The summed E-state index contributed by atoms with van der Waals surface area (Å²) in [5.74, 6) is 1.81. The number of hydrogen-bond acceptors (Lipinski definition) is 4. The van der Waals surface area contributed by atoms with Gasteiger partial charge in [-0.3, -0.25) is 0 Å². The maximum absolute atomic E-state index is 12.9. The number of aryl methyl sites for hydroxylation is 3. The van der Waals surface area contributed by atoms with E-state index in [9.17, 15) is 4.79 Å². The maximum atomic E-state index is 12.9. The second kappa shape index (κ2) is 10.0. The molecule has 4 rings (SSSR count). The number of urea groups is 1. The van der Waals surface area contributed by atoms with E-state index in [0.717, 1.165) is 54.5 Å². The van der Waals surface area contributed by atoms with Gasteiger partial charge in [-0.1, -0.05) is 49.4 Å². The Hall–Kier alpha value is -3.41. The third kappa shape index (κ3) is 5.16. The monoisotopic (exact) mass is 443 g/mol. The predicted molar refractivity (Wildman–Crippen MR) is 134 cm³/mol. The molecule has 2 aromatic carbocycles. The quantitative estimate of drug-likeness (QED) is 0.609. The van der Waals surface area contributed by atoms with Crippen LogP contribution in [0.5, 0.6) is 0 Å². The number of nitrogens with one attached hydrogen (secondary N) is 1. The topological polar surface area (TPSA) is 61.4 Å². The van der Waals surface area contributed by atoms with E-state index in [0.29, 0.717) is 13.1 Å². The Labute approximate surface area is 196 Å². The number of amides is 2. The van der Waals surface area contributed by atoms with Gasteiger partial charge >= 0.3 is 6.03 Å². The molecule has 2 amide bonds. The number of piperazine rings is 1. The lowest BCUT2D eigenvalue weighted by atomic mass is 10.0. The third-order valence-electron chi connectivity index (χ3n) is 6.45. The molecular formula is C27H33N5O. The van der Waals surface area contributed by atoms with Gasteiger partial charge in [0.15, 0.2) is 0 Å². The number of hydrogen-bond donors (Lipinski definition) is 1. The van der Waals surface area contributed by atoms with Gasteiger partial charge in [-0.15, -0.1) is 0 Å². The molecule has 33 heavy (non-hydrogen) atoms. The fourth-order valence-electron chi connectivity index (χ4n) is 4.37. The van der Waals surface area contributed by atoms with Gasteiger partial charge in [0, 0.05) is 49.5 Å². The van der Waals surface area contributed by atoms with Crippen molar-refractivity contribution in [3.63, 3.8) is 0 Å². The highest BCUT2D eigenvalue weighted by Gasteiger charge is 2.25. The lowest BCUT2D eigenvalue weighted by Crippen LogP contribution is -2.50. The fourth-order valence-corrected chi connectivity index (χ4v) is 4.37. The molecule has 0 unspecified atom stereocenters. The van der Waals surface area contributed by atoms with Gasteiger partial charge in [0.2, 0.25) is 0 Å². The molecule has 6 heteroatoms. The molecule has 0 spiro atoms. The van der Waals surface area contributed by atoms with Crippen LogP contribution in [0, 0.1) is 20.8 Å². The Morgan fingerprint density at radius 2 is 1.67 bits per heavy atom. The average Bonchev–Trinajstić information content (AvgIpc) is 2.83. The molecule has 1 aliphatic heterocycles. The summed E-state index contributed by atoms with van der Waals surface area (Å²) in [7, 11) is 0. The van der Waals surface area contributed by atoms with Crippen molar-refractivity contribution in [1.82, 2.24) is 14.9 Å². The molecule has 0 aliphatic carbocycles. The smallest absolute Gasteiger partial charge is 0.321 e. The van der Waals surface area contributed by atoms with E-state index >= 15 is 0 Å². The molecular weight excluding hydrogens is 410 g/mol. The Balaban J connectivity index is 1.49. The normalized spacial score (nSPS) is 13.8. The number of rotatable bonds is 5. The molecule has 3 aromatic rings. The first-order valence-corrected chi connectivity index (χ1v) is 11.7. The highest BCUT2D eigenvalue weighted by molar-refractivity contribution is 5.90. The van der Waals surface area contributed by atoms with E-state index in [2.05, 4.69) is 54.4 Å². The molecule has 0 atom stereocenters. The first-order chi connectivity index (χ1) is 16.0.